The highest BCUT2D eigenvalue weighted by molar-refractivity contribution is 7.89. The lowest BCUT2D eigenvalue weighted by Crippen LogP contribution is -2.41. The van der Waals surface area contributed by atoms with Crippen molar-refractivity contribution in [1.82, 2.24) is 14.1 Å². The number of sulfonamides is 1. The lowest BCUT2D eigenvalue weighted by molar-refractivity contribution is 0.0730. The number of hydrogen-bond donors (Lipinski definition) is 1. The molecule has 23 heavy (non-hydrogen) atoms. The van der Waals surface area contributed by atoms with Crippen LogP contribution in [0, 0.1) is 0 Å². The quantitative estimate of drug-likeness (QED) is 0.873. The molecule has 8 nitrogen and oxygen atoms in total. The number of hydrogen-bond acceptors (Lipinski definition) is 6. The fourth-order valence-electron chi connectivity index (χ4n) is 2.27. The highest BCUT2D eigenvalue weighted by atomic mass is 32.2. The molecule has 0 atom stereocenters. The van der Waals surface area contributed by atoms with Crippen LogP contribution in [0.25, 0.3) is 0 Å². The third-order valence-corrected chi connectivity index (χ3v) is 6.37. The van der Waals surface area contributed by atoms with Gasteiger partial charge in [-0.05, 0) is 11.4 Å². The van der Waals surface area contributed by atoms with Gasteiger partial charge in [-0.25, -0.2) is 8.42 Å². The Morgan fingerprint density at radius 3 is 2.78 bits per heavy atom. The van der Waals surface area contributed by atoms with Gasteiger partial charge in [0.15, 0.2) is 0 Å². The van der Waals surface area contributed by atoms with Crippen molar-refractivity contribution in [2.75, 3.05) is 31.6 Å². The number of ether oxygens (including phenoxy) is 1. The van der Waals surface area contributed by atoms with Crippen molar-refractivity contribution in [2.45, 2.75) is 4.90 Å². The van der Waals surface area contributed by atoms with E-state index in [1.54, 1.807) is 23.3 Å². The maximum absolute atomic E-state index is 12.7. The zero-order chi connectivity index (χ0) is 16.4. The molecule has 10 heteroatoms. The third kappa shape index (κ3) is 3.29. The van der Waals surface area contributed by atoms with Crippen molar-refractivity contribution in [1.29, 1.82) is 0 Å². The van der Waals surface area contributed by atoms with Gasteiger partial charge in [-0.1, -0.05) is 0 Å². The Labute approximate surface area is 137 Å². The Balaban J connectivity index is 1.85. The van der Waals surface area contributed by atoms with Gasteiger partial charge in [-0.2, -0.15) is 9.40 Å². The number of nitrogens with zero attached hydrogens (tertiary/aromatic N) is 3. The second-order valence-corrected chi connectivity index (χ2v) is 7.81. The fraction of sp³-hybridized carbons (Fsp3) is 0.385. The number of aryl methyl sites for hydroxylation is 1. The number of morpholine rings is 1. The molecule has 1 saturated heterocycles. The standard InChI is InChI=1S/C13H16N4O4S2/c1-16-9-10(8-14-16)15-13(18)12-11(2-7-22-12)23(19,20)17-3-5-21-6-4-17/h2,7-9H,3-6H2,1H3,(H,15,18). The number of aromatic nitrogens is 2. The van der Waals surface area contributed by atoms with Crippen molar-refractivity contribution < 1.29 is 17.9 Å². The van der Waals surface area contributed by atoms with Crippen molar-refractivity contribution >= 4 is 33.0 Å². The van der Waals surface area contributed by atoms with Gasteiger partial charge in [0.25, 0.3) is 5.91 Å². The number of thiophene rings is 1. The molecule has 2 aromatic heterocycles. The van der Waals surface area contributed by atoms with Crippen LogP contribution in [0.2, 0.25) is 0 Å². The summed E-state index contributed by atoms with van der Waals surface area (Å²) in [5.41, 5.74) is 0.514. The van der Waals surface area contributed by atoms with E-state index in [1.165, 1.54) is 16.6 Å². The third-order valence-electron chi connectivity index (χ3n) is 3.39. The van der Waals surface area contributed by atoms with Crippen molar-refractivity contribution in [3.05, 3.63) is 28.7 Å². The molecule has 0 aromatic carbocycles. The maximum atomic E-state index is 12.7. The van der Waals surface area contributed by atoms with Gasteiger partial charge >= 0.3 is 0 Å². The largest absolute Gasteiger partial charge is 0.379 e. The van der Waals surface area contributed by atoms with Gasteiger partial charge in [0.05, 0.1) is 25.1 Å². The van der Waals surface area contributed by atoms with Gasteiger partial charge in [0.1, 0.15) is 9.77 Å². The van der Waals surface area contributed by atoms with Crippen LogP contribution in [0.1, 0.15) is 9.67 Å². The Bertz CT molecular complexity index is 806. The topological polar surface area (TPSA) is 93.5 Å². The van der Waals surface area contributed by atoms with Crippen molar-refractivity contribution in [3.63, 3.8) is 0 Å². The predicted molar refractivity (Wildman–Crippen MR) is 85.1 cm³/mol. The normalized spacial score (nSPS) is 16.4. The Hall–Kier alpha value is -1.75. The minimum atomic E-state index is -3.70. The molecule has 3 heterocycles. The summed E-state index contributed by atoms with van der Waals surface area (Å²) in [6.45, 7) is 1.31. The van der Waals surface area contributed by atoms with E-state index in [1.807, 2.05) is 0 Å². The van der Waals surface area contributed by atoms with E-state index in [2.05, 4.69) is 10.4 Å². The summed E-state index contributed by atoms with van der Waals surface area (Å²) in [5, 5.41) is 8.22. The summed E-state index contributed by atoms with van der Waals surface area (Å²) < 4.78 is 33.5. The second-order valence-electron chi connectivity index (χ2n) is 4.99. The summed E-state index contributed by atoms with van der Waals surface area (Å²) in [5.74, 6) is -0.458. The number of rotatable bonds is 4. The highest BCUT2D eigenvalue weighted by Crippen LogP contribution is 2.26. The SMILES string of the molecule is Cn1cc(NC(=O)c2sccc2S(=O)(=O)N2CCOCC2)cn1. The molecule has 0 saturated carbocycles. The average Bonchev–Trinajstić information content (AvgIpc) is 3.17. The first-order valence-electron chi connectivity index (χ1n) is 6.94. The van der Waals surface area contributed by atoms with Crippen LogP contribution in [0.15, 0.2) is 28.7 Å². The zero-order valence-corrected chi connectivity index (χ0v) is 14.1. The molecule has 1 aliphatic heterocycles. The molecule has 0 radical (unpaired) electrons. The van der Waals surface area contributed by atoms with E-state index < -0.39 is 15.9 Å². The monoisotopic (exact) mass is 356 g/mol. The lowest BCUT2D eigenvalue weighted by Gasteiger charge is -2.26. The number of amides is 1. The van der Waals surface area contributed by atoms with E-state index in [-0.39, 0.29) is 9.77 Å². The van der Waals surface area contributed by atoms with Crippen LogP contribution in [0.4, 0.5) is 5.69 Å². The molecule has 1 amide bonds. The van der Waals surface area contributed by atoms with Gasteiger partial charge in [0, 0.05) is 26.3 Å². The molecule has 2 aromatic rings. The minimum absolute atomic E-state index is 0.0331. The van der Waals surface area contributed by atoms with E-state index in [0.29, 0.717) is 32.0 Å². The molecule has 3 rings (SSSR count). The molecule has 1 N–H and O–H groups in total. The molecule has 0 spiro atoms. The van der Waals surface area contributed by atoms with Gasteiger partial charge < -0.3 is 10.1 Å². The second kappa shape index (κ2) is 6.40. The first-order valence-corrected chi connectivity index (χ1v) is 9.26. The van der Waals surface area contributed by atoms with Crippen molar-refractivity contribution in [3.8, 4) is 0 Å². The van der Waals surface area contributed by atoms with Gasteiger partial charge in [-0.3, -0.25) is 9.48 Å². The predicted octanol–water partition coefficient (Wildman–Crippen LogP) is 0.755. The minimum Gasteiger partial charge on any atom is -0.379 e. The Morgan fingerprint density at radius 1 is 1.39 bits per heavy atom. The maximum Gasteiger partial charge on any atom is 0.267 e. The van der Waals surface area contributed by atoms with Crippen LogP contribution in [0.5, 0.6) is 0 Å². The van der Waals surface area contributed by atoms with Gasteiger partial charge in [-0.15, -0.1) is 11.3 Å². The highest BCUT2D eigenvalue weighted by Gasteiger charge is 2.31. The van der Waals surface area contributed by atoms with E-state index in [0.717, 1.165) is 11.3 Å². The van der Waals surface area contributed by atoms with E-state index in [9.17, 15) is 13.2 Å². The summed E-state index contributed by atoms with van der Waals surface area (Å²) >= 11 is 1.10. The molecular weight excluding hydrogens is 340 g/mol. The van der Waals surface area contributed by atoms with Crippen LogP contribution in [-0.4, -0.2) is 54.7 Å². The fourth-order valence-corrected chi connectivity index (χ4v) is 4.97. The number of nitrogens with one attached hydrogen (secondary N) is 1. The van der Waals surface area contributed by atoms with Crippen LogP contribution < -0.4 is 5.32 Å². The smallest absolute Gasteiger partial charge is 0.267 e. The summed E-state index contributed by atoms with van der Waals surface area (Å²) in [6.07, 6.45) is 3.14. The Morgan fingerprint density at radius 2 is 2.13 bits per heavy atom. The number of carbonyl (C=O) groups excluding carboxylic acids is 1. The average molecular weight is 356 g/mol. The molecule has 0 unspecified atom stereocenters. The summed E-state index contributed by atoms with van der Waals surface area (Å²) in [7, 11) is -1.97. The molecular formula is C13H16N4O4S2. The molecule has 0 aliphatic carbocycles. The number of anilines is 1. The van der Waals surface area contributed by atoms with E-state index in [4.69, 9.17) is 4.74 Å². The summed E-state index contributed by atoms with van der Waals surface area (Å²) in [6, 6.07) is 1.47. The molecule has 124 valence electrons. The zero-order valence-electron chi connectivity index (χ0n) is 12.4. The van der Waals surface area contributed by atoms with Crippen LogP contribution in [0.3, 0.4) is 0 Å². The molecule has 1 fully saturated rings. The van der Waals surface area contributed by atoms with Crippen LogP contribution >= 0.6 is 11.3 Å². The molecule has 0 bridgehead atoms. The van der Waals surface area contributed by atoms with Crippen LogP contribution in [-0.2, 0) is 21.8 Å². The lowest BCUT2D eigenvalue weighted by atomic mass is 10.4. The first-order chi connectivity index (χ1) is 11.0. The van der Waals surface area contributed by atoms with Gasteiger partial charge in [0.2, 0.25) is 10.0 Å². The van der Waals surface area contributed by atoms with Crippen molar-refractivity contribution in [2.24, 2.45) is 7.05 Å². The Kier molecular flexibility index (Phi) is 4.48. The first kappa shape index (κ1) is 16.1. The summed E-state index contributed by atoms with van der Waals surface area (Å²) in [4.78, 5) is 12.6. The van der Waals surface area contributed by atoms with E-state index >= 15 is 0 Å². The molecule has 1 aliphatic rings. The number of carbonyl (C=O) groups is 1.